The predicted molar refractivity (Wildman–Crippen MR) is 72.4 cm³/mol. The Morgan fingerprint density at radius 3 is 3.00 bits per heavy atom. The van der Waals surface area contributed by atoms with Crippen molar-refractivity contribution in [2.75, 3.05) is 7.11 Å². The van der Waals surface area contributed by atoms with E-state index in [-0.39, 0.29) is 0 Å². The number of hydrogen-bond acceptors (Lipinski definition) is 3. The van der Waals surface area contributed by atoms with E-state index in [1.165, 1.54) is 7.11 Å². The third-order valence-electron chi connectivity index (χ3n) is 2.68. The molecule has 1 heterocycles. The molecule has 0 radical (unpaired) electrons. The number of nitrogens with one attached hydrogen (secondary N) is 1. The number of aryl methyl sites for hydroxylation is 1. The number of nitrogens with zero attached hydrogens (tertiary/aromatic N) is 2. The summed E-state index contributed by atoms with van der Waals surface area (Å²) in [7, 11) is 1.34. The molecule has 0 aliphatic carbocycles. The quantitative estimate of drug-likeness (QED) is 0.948. The third-order valence-corrected chi connectivity index (χ3v) is 3.18. The first-order chi connectivity index (χ1) is 8.65. The molecular formula is C12H14BrN3O2. The number of halogens is 1. The summed E-state index contributed by atoms with van der Waals surface area (Å²) in [5.74, 6) is 0.816. The lowest BCUT2D eigenvalue weighted by Crippen LogP contribution is -2.24. The molecule has 0 atom stereocenters. The number of hydrogen-bond donors (Lipinski definition) is 1. The van der Waals surface area contributed by atoms with Crippen molar-refractivity contribution in [2.45, 2.75) is 20.0 Å². The molecule has 96 valence electrons. The molecule has 0 spiro atoms. The monoisotopic (exact) mass is 311 g/mol. The van der Waals surface area contributed by atoms with Gasteiger partial charge in [0.05, 0.1) is 24.7 Å². The van der Waals surface area contributed by atoms with Crippen LogP contribution >= 0.6 is 15.9 Å². The van der Waals surface area contributed by atoms with E-state index < -0.39 is 6.09 Å². The summed E-state index contributed by atoms with van der Waals surface area (Å²) in [6, 6.07) is 5.95. The fourth-order valence-corrected chi connectivity index (χ4v) is 2.21. The maximum absolute atomic E-state index is 11.1. The maximum Gasteiger partial charge on any atom is 0.407 e. The number of fused-ring (bicyclic) bond motifs is 1. The van der Waals surface area contributed by atoms with Gasteiger partial charge in [-0.1, -0.05) is 15.9 Å². The van der Waals surface area contributed by atoms with Crippen LogP contribution in [0.15, 0.2) is 22.7 Å². The molecule has 18 heavy (non-hydrogen) atoms. The van der Waals surface area contributed by atoms with Crippen molar-refractivity contribution >= 4 is 33.1 Å². The third kappa shape index (κ3) is 2.48. The number of aromatic nitrogens is 2. The minimum atomic E-state index is -0.453. The van der Waals surface area contributed by atoms with Gasteiger partial charge < -0.3 is 14.6 Å². The summed E-state index contributed by atoms with van der Waals surface area (Å²) in [6.07, 6.45) is -0.453. The van der Waals surface area contributed by atoms with Gasteiger partial charge >= 0.3 is 6.09 Å². The summed E-state index contributed by atoms with van der Waals surface area (Å²) < 4.78 is 7.60. The molecule has 0 saturated heterocycles. The lowest BCUT2D eigenvalue weighted by molar-refractivity contribution is 0.170. The zero-order valence-corrected chi connectivity index (χ0v) is 11.8. The lowest BCUT2D eigenvalue weighted by Gasteiger charge is -2.06. The van der Waals surface area contributed by atoms with E-state index in [0.717, 1.165) is 27.9 Å². The molecule has 1 aromatic heterocycles. The van der Waals surface area contributed by atoms with Crippen LogP contribution < -0.4 is 5.32 Å². The topological polar surface area (TPSA) is 56.2 Å². The summed E-state index contributed by atoms with van der Waals surface area (Å²) in [6.45, 7) is 3.20. The molecule has 2 rings (SSSR count). The van der Waals surface area contributed by atoms with E-state index in [9.17, 15) is 4.79 Å². The van der Waals surface area contributed by atoms with Gasteiger partial charge in [0.2, 0.25) is 0 Å². The SMILES string of the molecule is CCn1c(CNC(=O)OC)nc2cc(Br)ccc21. The summed E-state index contributed by atoms with van der Waals surface area (Å²) in [5, 5.41) is 2.64. The summed E-state index contributed by atoms with van der Waals surface area (Å²) in [5.41, 5.74) is 1.97. The molecule has 6 heteroatoms. The van der Waals surface area contributed by atoms with E-state index in [1.807, 2.05) is 25.1 Å². The average Bonchev–Trinajstić information content (AvgIpc) is 2.72. The number of rotatable bonds is 3. The first kappa shape index (κ1) is 12.9. The molecule has 1 amide bonds. The standard InChI is InChI=1S/C12H14BrN3O2/c1-3-16-10-5-4-8(13)6-9(10)15-11(16)7-14-12(17)18-2/h4-6H,3,7H2,1-2H3,(H,14,17). The van der Waals surface area contributed by atoms with Crippen LogP contribution in [0.1, 0.15) is 12.7 Å². The van der Waals surface area contributed by atoms with Gasteiger partial charge in [0.25, 0.3) is 0 Å². The Hall–Kier alpha value is -1.56. The van der Waals surface area contributed by atoms with E-state index >= 15 is 0 Å². The number of ether oxygens (including phenoxy) is 1. The van der Waals surface area contributed by atoms with Crippen molar-refractivity contribution < 1.29 is 9.53 Å². The van der Waals surface area contributed by atoms with Crippen LogP contribution in [0.3, 0.4) is 0 Å². The van der Waals surface area contributed by atoms with Gasteiger partial charge in [-0.25, -0.2) is 9.78 Å². The van der Waals surface area contributed by atoms with Crippen LogP contribution in [0.2, 0.25) is 0 Å². The maximum atomic E-state index is 11.1. The number of carbonyl (C=O) groups is 1. The van der Waals surface area contributed by atoms with Crippen molar-refractivity contribution in [3.8, 4) is 0 Å². The van der Waals surface area contributed by atoms with Crippen molar-refractivity contribution in [3.05, 3.63) is 28.5 Å². The van der Waals surface area contributed by atoms with E-state index in [1.54, 1.807) is 0 Å². The van der Waals surface area contributed by atoms with E-state index in [2.05, 4.69) is 35.5 Å². The van der Waals surface area contributed by atoms with Crippen LogP contribution in [0.4, 0.5) is 4.79 Å². The van der Waals surface area contributed by atoms with Crippen molar-refractivity contribution in [1.29, 1.82) is 0 Å². The Balaban J connectivity index is 2.34. The number of alkyl carbamates (subject to hydrolysis) is 1. The molecule has 1 N–H and O–H groups in total. The second-order valence-corrected chi connectivity index (χ2v) is 4.67. The summed E-state index contributed by atoms with van der Waals surface area (Å²) in [4.78, 5) is 15.6. The Morgan fingerprint density at radius 2 is 2.33 bits per heavy atom. The predicted octanol–water partition coefficient (Wildman–Crippen LogP) is 2.67. The number of carbonyl (C=O) groups excluding carboxylic acids is 1. The number of benzene rings is 1. The van der Waals surface area contributed by atoms with E-state index in [4.69, 9.17) is 0 Å². The molecule has 0 fully saturated rings. The lowest BCUT2D eigenvalue weighted by atomic mass is 10.3. The van der Waals surface area contributed by atoms with Gasteiger partial charge in [0.15, 0.2) is 0 Å². The van der Waals surface area contributed by atoms with Crippen molar-refractivity contribution in [2.24, 2.45) is 0 Å². The van der Waals surface area contributed by atoms with Gasteiger partial charge in [-0.2, -0.15) is 0 Å². The van der Waals surface area contributed by atoms with Gasteiger partial charge in [-0.05, 0) is 25.1 Å². The Labute approximate surface area is 113 Å². The van der Waals surface area contributed by atoms with Gasteiger partial charge in [0, 0.05) is 11.0 Å². The molecule has 0 saturated carbocycles. The smallest absolute Gasteiger partial charge is 0.407 e. The van der Waals surface area contributed by atoms with Crippen LogP contribution in [0.5, 0.6) is 0 Å². The fourth-order valence-electron chi connectivity index (χ4n) is 1.86. The zero-order chi connectivity index (χ0) is 13.1. The van der Waals surface area contributed by atoms with Crippen molar-refractivity contribution in [3.63, 3.8) is 0 Å². The average molecular weight is 312 g/mol. The fraction of sp³-hybridized carbons (Fsp3) is 0.333. The van der Waals surface area contributed by atoms with Crippen LogP contribution in [-0.2, 0) is 17.8 Å². The van der Waals surface area contributed by atoms with Crippen LogP contribution in [-0.4, -0.2) is 22.8 Å². The molecule has 0 aliphatic rings. The first-order valence-electron chi connectivity index (χ1n) is 5.62. The normalized spacial score (nSPS) is 10.6. The molecule has 0 aliphatic heterocycles. The first-order valence-corrected chi connectivity index (χ1v) is 6.41. The number of imidazole rings is 1. The molecule has 0 bridgehead atoms. The van der Waals surface area contributed by atoms with Crippen LogP contribution in [0.25, 0.3) is 11.0 Å². The second kappa shape index (κ2) is 5.39. The number of amides is 1. The Bertz CT molecular complexity index is 580. The second-order valence-electron chi connectivity index (χ2n) is 3.75. The highest BCUT2D eigenvalue weighted by Crippen LogP contribution is 2.20. The van der Waals surface area contributed by atoms with Crippen LogP contribution in [0, 0.1) is 0 Å². The molecular weight excluding hydrogens is 298 g/mol. The highest BCUT2D eigenvalue weighted by Gasteiger charge is 2.10. The minimum Gasteiger partial charge on any atom is -0.453 e. The molecule has 5 nitrogen and oxygen atoms in total. The minimum absolute atomic E-state index is 0.354. The largest absolute Gasteiger partial charge is 0.453 e. The highest BCUT2D eigenvalue weighted by molar-refractivity contribution is 9.10. The van der Waals surface area contributed by atoms with E-state index in [0.29, 0.717) is 6.54 Å². The van der Waals surface area contributed by atoms with Gasteiger partial charge in [0.1, 0.15) is 5.82 Å². The van der Waals surface area contributed by atoms with Gasteiger partial charge in [-0.3, -0.25) is 0 Å². The Kier molecular flexibility index (Phi) is 3.86. The van der Waals surface area contributed by atoms with Gasteiger partial charge in [-0.15, -0.1) is 0 Å². The molecule has 1 aromatic carbocycles. The summed E-state index contributed by atoms with van der Waals surface area (Å²) >= 11 is 3.42. The number of methoxy groups -OCH3 is 1. The Morgan fingerprint density at radius 1 is 1.56 bits per heavy atom. The van der Waals surface area contributed by atoms with Crippen molar-refractivity contribution in [1.82, 2.24) is 14.9 Å². The highest BCUT2D eigenvalue weighted by atomic mass is 79.9. The molecule has 2 aromatic rings. The zero-order valence-electron chi connectivity index (χ0n) is 10.2. The molecule has 0 unspecified atom stereocenters.